The molecule has 0 aliphatic heterocycles. The summed E-state index contributed by atoms with van der Waals surface area (Å²) in [7, 11) is 1.60. The SMILES string of the molecule is COc1ccc(NC(=O)CCc2cc3cc(C(C)C)ccc3[nH]c2=O)cc1. The molecule has 2 N–H and O–H groups in total. The summed E-state index contributed by atoms with van der Waals surface area (Å²) in [4.78, 5) is 27.4. The molecule has 0 aliphatic rings. The Morgan fingerprint density at radius 1 is 1.11 bits per heavy atom. The number of aromatic amines is 1. The third-order valence-electron chi connectivity index (χ3n) is 4.61. The molecule has 140 valence electrons. The number of aryl methyl sites for hydroxylation is 1. The number of hydrogen-bond donors (Lipinski definition) is 2. The zero-order chi connectivity index (χ0) is 19.4. The molecular weight excluding hydrogens is 340 g/mol. The lowest BCUT2D eigenvalue weighted by Crippen LogP contribution is -2.17. The second-order valence-corrected chi connectivity index (χ2v) is 6.90. The summed E-state index contributed by atoms with van der Waals surface area (Å²) in [5.74, 6) is 1.02. The second kappa shape index (κ2) is 8.08. The van der Waals surface area contributed by atoms with Crippen LogP contribution in [0.5, 0.6) is 5.75 Å². The van der Waals surface area contributed by atoms with Crippen molar-refractivity contribution in [1.29, 1.82) is 0 Å². The first-order chi connectivity index (χ1) is 13.0. The van der Waals surface area contributed by atoms with Crippen LogP contribution in [0.4, 0.5) is 5.69 Å². The molecule has 5 heteroatoms. The Hall–Kier alpha value is -3.08. The first-order valence-electron chi connectivity index (χ1n) is 9.06. The van der Waals surface area contributed by atoms with Crippen LogP contribution in [-0.2, 0) is 11.2 Å². The van der Waals surface area contributed by atoms with Gasteiger partial charge in [0.05, 0.1) is 7.11 Å². The van der Waals surface area contributed by atoms with Crippen molar-refractivity contribution >= 4 is 22.5 Å². The molecule has 2 aromatic carbocycles. The number of fused-ring (bicyclic) bond motifs is 1. The van der Waals surface area contributed by atoms with Gasteiger partial charge in [-0.05, 0) is 65.8 Å². The number of amides is 1. The molecule has 0 fully saturated rings. The number of carbonyl (C=O) groups excluding carboxylic acids is 1. The molecule has 5 nitrogen and oxygen atoms in total. The van der Waals surface area contributed by atoms with Gasteiger partial charge in [0.15, 0.2) is 0 Å². The van der Waals surface area contributed by atoms with Crippen molar-refractivity contribution in [3.05, 3.63) is 70.0 Å². The van der Waals surface area contributed by atoms with Crippen LogP contribution >= 0.6 is 0 Å². The van der Waals surface area contributed by atoms with Crippen molar-refractivity contribution < 1.29 is 9.53 Å². The number of anilines is 1. The predicted molar refractivity (Wildman–Crippen MR) is 109 cm³/mol. The Kier molecular flexibility index (Phi) is 5.60. The normalized spacial score (nSPS) is 11.0. The average molecular weight is 364 g/mol. The van der Waals surface area contributed by atoms with E-state index in [0.717, 1.165) is 16.7 Å². The Labute approximate surface area is 158 Å². The number of nitrogens with one attached hydrogen (secondary N) is 2. The number of methoxy groups -OCH3 is 1. The van der Waals surface area contributed by atoms with Crippen molar-refractivity contribution in [1.82, 2.24) is 4.98 Å². The standard InChI is InChI=1S/C22H24N2O3/c1-14(2)15-4-10-20-17(12-15)13-16(22(26)24-20)5-11-21(25)23-18-6-8-19(27-3)9-7-18/h4,6-10,12-14H,5,11H2,1-3H3,(H,23,25)(H,24,26). The molecule has 0 spiro atoms. The van der Waals surface area contributed by atoms with E-state index in [1.807, 2.05) is 18.2 Å². The smallest absolute Gasteiger partial charge is 0.251 e. The van der Waals surface area contributed by atoms with Crippen LogP contribution in [0.15, 0.2) is 53.3 Å². The highest BCUT2D eigenvalue weighted by molar-refractivity contribution is 5.91. The summed E-state index contributed by atoms with van der Waals surface area (Å²) < 4.78 is 5.10. The molecule has 3 aromatic rings. The van der Waals surface area contributed by atoms with Gasteiger partial charge in [-0.15, -0.1) is 0 Å². The van der Waals surface area contributed by atoms with E-state index in [2.05, 4.69) is 30.2 Å². The number of H-pyrrole nitrogens is 1. The maximum Gasteiger partial charge on any atom is 0.251 e. The quantitative estimate of drug-likeness (QED) is 0.687. The summed E-state index contributed by atoms with van der Waals surface area (Å²) in [5.41, 5.74) is 3.22. The minimum atomic E-state index is -0.142. The lowest BCUT2D eigenvalue weighted by atomic mass is 10.00. The van der Waals surface area contributed by atoms with Gasteiger partial charge < -0.3 is 15.0 Å². The second-order valence-electron chi connectivity index (χ2n) is 6.90. The number of pyridine rings is 1. The van der Waals surface area contributed by atoms with Gasteiger partial charge in [0.25, 0.3) is 5.56 Å². The van der Waals surface area contributed by atoms with E-state index in [1.54, 1.807) is 31.4 Å². The van der Waals surface area contributed by atoms with Crippen LogP contribution in [0.1, 0.15) is 37.3 Å². The van der Waals surface area contributed by atoms with E-state index < -0.39 is 0 Å². The van der Waals surface area contributed by atoms with Crippen molar-refractivity contribution in [2.24, 2.45) is 0 Å². The minimum absolute atomic E-state index is 0.129. The number of rotatable bonds is 6. The Balaban J connectivity index is 1.70. The summed E-state index contributed by atoms with van der Waals surface area (Å²) in [6.07, 6.45) is 0.629. The van der Waals surface area contributed by atoms with Gasteiger partial charge in [0.2, 0.25) is 5.91 Å². The lowest BCUT2D eigenvalue weighted by Gasteiger charge is -2.09. The predicted octanol–water partition coefficient (Wildman–Crippen LogP) is 4.23. The van der Waals surface area contributed by atoms with Gasteiger partial charge in [0, 0.05) is 23.2 Å². The van der Waals surface area contributed by atoms with Crippen LogP contribution in [0.2, 0.25) is 0 Å². The number of carbonyl (C=O) groups is 1. The highest BCUT2D eigenvalue weighted by Crippen LogP contribution is 2.20. The van der Waals surface area contributed by atoms with Gasteiger partial charge in [0.1, 0.15) is 5.75 Å². The Morgan fingerprint density at radius 2 is 1.85 bits per heavy atom. The van der Waals surface area contributed by atoms with Crippen LogP contribution in [0.25, 0.3) is 10.9 Å². The number of ether oxygens (including phenoxy) is 1. The van der Waals surface area contributed by atoms with E-state index in [-0.39, 0.29) is 17.9 Å². The fraction of sp³-hybridized carbons (Fsp3) is 0.273. The molecule has 3 rings (SSSR count). The molecule has 1 amide bonds. The van der Waals surface area contributed by atoms with E-state index >= 15 is 0 Å². The molecule has 27 heavy (non-hydrogen) atoms. The lowest BCUT2D eigenvalue weighted by molar-refractivity contribution is -0.116. The van der Waals surface area contributed by atoms with E-state index in [4.69, 9.17) is 4.74 Å². The fourth-order valence-electron chi connectivity index (χ4n) is 2.96. The monoisotopic (exact) mass is 364 g/mol. The molecule has 1 aromatic heterocycles. The highest BCUT2D eigenvalue weighted by atomic mass is 16.5. The summed E-state index contributed by atoms with van der Waals surface area (Å²) >= 11 is 0. The molecule has 0 atom stereocenters. The summed E-state index contributed by atoms with van der Waals surface area (Å²) in [6.45, 7) is 4.27. The van der Waals surface area contributed by atoms with Gasteiger partial charge in [-0.1, -0.05) is 19.9 Å². The van der Waals surface area contributed by atoms with Gasteiger partial charge in [-0.2, -0.15) is 0 Å². The first kappa shape index (κ1) is 18.7. The molecule has 1 heterocycles. The molecule has 0 unspecified atom stereocenters. The van der Waals surface area contributed by atoms with E-state index in [9.17, 15) is 9.59 Å². The highest BCUT2D eigenvalue weighted by Gasteiger charge is 2.09. The van der Waals surface area contributed by atoms with Crippen LogP contribution < -0.4 is 15.6 Å². The van der Waals surface area contributed by atoms with Gasteiger partial charge >= 0.3 is 0 Å². The zero-order valence-corrected chi connectivity index (χ0v) is 15.8. The van der Waals surface area contributed by atoms with Crippen LogP contribution in [-0.4, -0.2) is 18.0 Å². The largest absolute Gasteiger partial charge is 0.497 e. The molecular formula is C22H24N2O3. The van der Waals surface area contributed by atoms with Gasteiger partial charge in [-0.3, -0.25) is 9.59 Å². The molecule has 0 saturated carbocycles. The minimum Gasteiger partial charge on any atom is -0.497 e. The number of aromatic nitrogens is 1. The molecule has 0 bridgehead atoms. The van der Waals surface area contributed by atoms with Crippen LogP contribution in [0, 0.1) is 0 Å². The average Bonchev–Trinajstić information content (AvgIpc) is 2.66. The molecule has 0 radical (unpaired) electrons. The topological polar surface area (TPSA) is 71.2 Å². The Bertz CT molecular complexity index is 1000. The fourth-order valence-corrected chi connectivity index (χ4v) is 2.96. The third kappa shape index (κ3) is 4.56. The summed E-state index contributed by atoms with van der Waals surface area (Å²) in [6, 6.07) is 15.1. The van der Waals surface area contributed by atoms with E-state index in [1.165, 1.54) is 5.56 Å². The Morgan fingerprint density at radius 3 is 2.52 bits per heavy atom. The third-order valence-corrected chi connectivity index (χ3v) is 4.61. The maximum atomic E-state index is 12.3. The molecule has 0 saturated heterocycles. The van der Waals surface area contributed by atoms with Crippen LogP contribution in [0.3, 0.4) is 0 Å². The summed E-state index contributed by atoms with van der Waals surface area (Å²) in [5, 5.41) is 3.83. The van der Waals surface area contributed by atoms with E-state index in [0.29, 0.717) is 23.6 Å². The van der Waals surface area contributed by atoms with Crippen molar-refractivity contribution in [3.8, 4) is 5.75 Å². The number of hydrogen-bond acceptors (Lipinski definition) is 3. The van der Waals surface area contributed by atoms with Crippen molar-refractivity contribution in [3.63, 3.8) is 0 Å². The first-order valence-corrected chi connectivity index (χ1v) is 9.06. The zero-order valence-electron chi connectivity index (χ0n) is 15.8. The van der Waals surface area contributed by atoms with Gasteiger partial charge in [-0.25, -0.2) is 0 Å². The maximum absolute atomic E-state index is 12.3. The number of benzene rings is 2. The molecule has 0 aliphatic carbocycles. The van der Waals surface area contributed by atoms with Crippen molar-refractivity contribution in [2.45, 2.75) is 32.6 Å². The van der Waals surface area contributed by atoms with Crippen molar-refractivity contribution in [2.75, 3.05) is 12.4 Å².